The van der Waals surface area contributed by atoms with Crippen LogP contribution in [0.2, 0.25) is 0 Å². The van der Waals surface area contributed by atoms with E-state index in [0.29, 0.717) is 6.42 Å². The van der Waals surface area contributed by atoms with Gasteiger partial charge >= 0.3 is 0 Å². The first kappa shape index (κ1) is 9.23. The van der Waals surface area contributed by atoms with Gasteiger partial charge in [0.25, 0.3) is 0 Å². The largest absolute Gasteiger partial charge is 0.394 e. The minimum atomic E-state index is -0.633. The SMILES string of the molecule is Cc1cccc(CC(O)CO)c1. The molecule has 1 aromatic rings. The number of hydrogen-bond acceptors (Lipinski definition) is 2. The van der Waals surface area contributed by atoms with Gasteiger partial charge < -0.3 is 10.2 Å². The third-order valence-corrected chi connectivity index (χ3v) is 1.76. The Kier molecular flexibility index (Phi) is 3.26. The number of aliphatic hydroxyl groups is 2. The molecule has 0 spiro atoms. The Morgan fingerprint density at radius 3 is 2.75 bits per heavy atom. The molecule has 0 heterocycles. The van der Waals surface area contributed by atoms with Crippen molar-refractivity contribution in [2.45, 2.75) is 19.4 Å². The summed E-state index contributed by atoms with van der Waals surface area (Å²) >= 11 is 0. The maximum atomic E-state index is 9.15. The normalized spacial score (nSPS) is 12.9. The van der Waals surface area contributed by atoms with Crippen LogP contribution in [0.5, 0.6) is 0 Å². The number of rotatable bonds is 3. The second-order valence-corrected chi connectivity index (χ2v) is 3.03. The fourth-order valence-corrected chi connectivity index (χ4v) is 1.18. The van der Waals surface area contributed by atoms with Crippen molar-refractivity contribution in [1.82, 2.24) is 0 Å². The lowest BCUT2D eigenvalue weighted by Gasteiger charge is -2.06. The molecule has 0 aliphatic rings. The first-order valence-electron chi connectivity index (χ1n) is 4.07. The summed E-state index contributed by atoms with van der Waals surface area (Å²) in [6.07, 6.45) is -0.107. The Morgan fingerprint density at radius 1 is 1.42 bits per heavy atom. The van der Waals surface area contributed by atoms with Gasteiger partial charge in [-0.25, -0.2) is 0 Å². The molecule has 1 rings (SSSR count). The van der Waals surface area contributed by atoms with E-state index in [1.807, 2.05) is 31.2 Å². The molecule has 0 amide bonds. The number of hydrogen-bond donors (Lipinski definition) is 2. The van der Waals surface area contributed by atoms with Crippen LogP contribution in [0.3, 0.4) is 0 Å². The number of aliphatic hydroxyl groups excluding tert-OH is 2. The first-order chi connectivity index (χ1) is 5.72. The lowest BCUT2D eigenvalue weighted by atomic mass is 10.1. The Hall–Kier alpha value is -0.860. The quantitative estimate of drug-likeness (QED) is 0.700. The van der Waals surface area contributed by atoms with Crippen LogP contribution >= 0.6 is 0 Å². The third kappa shape index (κ3) is 2.64. The van der Waals surface area contributed by atoms with Gasteiger partial charge in [-0.15, -0.1) is 0 Å². The van der Waals surface area contributed by atoms with Gasteiger partial charge in [0.2, 0.25) is 0 Å². The summed E-state index contributed by atoms with van der Waals surface area (Å²) in [5, 5.41) is 17.8. The smallest absolute Gasteiger partial charge is 0.0811 e. The van der Waals surface area contributed by atoms with Crippen LogP contribution in [-0.4, -0.2) is 22.9 Å². The number of benzene rings is 1. The summed E-state index contributed by atoms with van der Waals surface area (Å²) < 4.78 is 0. The predicted molar refractivity (Wildman–Crippen MR) is 48.0 cm³/mol. The van der Waals surface area contributed by atoms with Crippen LogP contribution in [0.1, 0.15) is 11.1 Å². The van der Waals surface area contributed by atoms with E-state index in [9.17, 15) is 0 Å². The summed E-state index contributed by atoms with van der Waals surface area (Å²) in [5.74, 6) is 0. The van der Waals surface area contributed by atoms with E-state index >= 15 is 0 Å². The van der Waals surface area contributed by atoms with E-state index in [1.54, 1.807) is 0 Å². The summed E-state index contributed by atoms with van der Waals surface area (Å²) in [4.78, 5) is 0. The molecule has 1 unspecified atom stereocenters. The van der Waals surface area contributed by atoms with E-state index < -0.39 is 6.10 Å². The van der Waals surface area contributed by atoms with E-state index in [1.165, 1.54) is 5.56 Å². The molecule has 0 bridgehead atoms. The van der Waals surface area contributed by atoms with Gasteiger partial charge in [0.05, 0.1) is 12.7 Å². The van der Waals surface area contributed by atoms with Crippen LogP contribution in [0.15, 0.2) is 24.3 Å². The summed E-state index contributed by atoms with van der Waals surface area (Å²) in [7, 11) is 0. The lowest BCUT2D eigenvalue weighted by Crippen LogP contribution is -2.14. The molecule has 0 fully saturated rings. The van der Waals surface area contributed by atoms with Crippen LogP contribution in [0.4, 0.5) is 0 Å². The second-order valence-electron chi connectivity index (χ2n) is 3.03. The van der Waals surface area contributed by atoms with E-state index in [0.717, 1.165) is 5.56 Å². The predicted octanol–water partition coefficient (Wildman–Crippen LogP) is 0.891. The van der Waals surface area contributed by atoms with Gasteiger partial charge in [-0.1, -0.05) is 29.8 Å². The van der Waals surface area contributed by atoms with Gasteiger partial charge in [-0.05, 0) is 12.5 Å². The molecule has 66 valence electrons. The van der Waals surface area contributed by atoms with Gasteiger partial charge in [0, 0.05) is 6.42 Å². The molecular weight excluding hydrogens is 152 g/mol. The zero-order valence-corrected chi connectivity index (χ0v) is 7.20. The van der Waals surface area contributed by atoms with Crippen LogP contribution < -0.4 is 0 Å². The molecular formula is C10H14O2. The number of aryl methyl sites for hydroxylation is 1. The van der Waals surface area contributed by atoms with Crippen molar-refractivity contribution < 1.29 is 10.2 Å². The van der Waals surface area contributed by atoms with Gasteiger partial charge in [-0.3, -0.25) is 0 Å². The van der Waals surface area contributed by atoms with Crippen molar-refractivity contribution in [2.75, 3.05) is 6.61 Å². The van der Waals surface area contributed by atoms with E-state index in [4.69, 9.17) is 10.2 Å². The molecule has 12 heavy (non-hydrogen) atoms. The first-order valence-corrected chi connectivity index (χ1v) is 4.07. The Labute approximate surface area is 72.5 Å². The van der Waals surface area contributed by atoms with Gasteiger partial charge in [0.1, 0.15) is 0 Å². The third-order valence-electron chi connectivity index (χ3n) is 1.76. The van der Waals surface area contributed by atoms with Crippen molar-refractivity contribution in [3.05, 3.63) is 35.4 Å². The highest BCUT2D eigenvalue weighted by Gasteiger charge is 2.02. The zero-order valence-electron chi connectivity index (χ0n) is 7.20. The molecule has 0 aliphatic heterocycles. The maximum Gasteiger partial charge on any atom is 0.0811 e. The standard InChI is InChI=1S/C10H14O2/c1-8-3-2-4-9(5-8)6-10(12)7-11/h2-5,10-12H,6-7H2,1H3. The summed E-state index contributed by atoms with van der Waals surface area (Å²) in [6, 6.07) is 7.92. The van der Waals surface area contributed by atoms with Crippen molar-refractivity contribution in [3.8, 4) is 0 Å². The summed E-state index contributed by atoms with van der Waals surface area (Å²) in [6.45, 7) is 1.84. The molecule has 2 heteroatoms. The lowest BCUT2D eigenvalue weighted by molar-refractivity contribution is 0.0955. The monoisotopic (exact) mass is 166 g/mol. The van der Waals surface area contributed by atoms with E-state index in [2.05, 4.69) is 0 Å². The van der Waals surface area contributed by atoms with Gasteiger partial charge in [-0.2, -0.15) is 0 Å². The molecule has 2 N–H and O–H groups in total. The van der Waals surface area contributed by atoms with Crippen molar-refractivity contribution >= 4 is 0 Å². The molecule has 1 atom stereocenters. The molecule has 0 aromatic heterocycles. The minimum absolute atomic E-state index is 0.173. The fraction of sp³-hybridized carbons (Fsp3) is 0.400. The molecule has 0 saturated heterocycles. The topological polar surface area (TPSA) is 40.5 Å². The second kappa shape index (κ2) is 4.24. The van der Waals surface area contributed by atoms with Crippen LogP contribution in [0.25, 0.3) is 0 Å². The van der Waals surface area contributed by atoms with E-state index in [-0.39, 0.29) is 6.61 Å². The van der Waals surface area contributed by atoms with Crippen LogP contribution in [0, 0.1) is 6.92 Å². The van der Waals surface area contributed by atoms with Gasteiger partial charge in [0.15, 0.2) is 0 Å². The fourth-order valence-electron chi connectivity index (χ4n) is 1.18. The van der Waals surface area contributed by atoms with Crippen molar-refractivity contribution in [1.29, 1.82) is 0 Å². The Morgan fingerprint density at radius 2 is 2.17 bits per heavy atom. The Bertz CT molecular complexity index is 245. The molecule has 0 aliphatic carbocycles. The Balaban J connectivity index is 2.63. The highest BCUT2D eigenvalue weighted by molar-refractivity contribution is 5.22. The highest BCUT2D eigenvalue weighted by atomic mass is 16.3. The summed E-state index contributed by atoms with van der Waals surface area (Å²) in [5.41, 5.74) is 2.24. The highest BCUT2D eigenvalue weighted by Crippen LogP contribution is 2.06. The zero-order chi connectivity index (χ0) is 8.97. The average Bonchev–Trinajstić information content (AvgIpc) is 2.04. The van der Waals surface area contributed by atoms with Crippen molar-refractivity contribution in [3.63, 3.8) is 0 Å². The maximum absolute atomic E-state index is 9.15. The molecule has 1 aromatic carbocycles. The molecule has 0 radical (unpaired) electrons. The minimum Gasteiger partial charge on any atom is -0.394 e. The average molecular weight is 166 g/mol. The van der Waals surface area contributed by atoms with Crippen molar-refractivity contribution in [2.24, 2.45) is 0 Å². The van der Waals surface area contributed by atoms with Crippen LogP contribution in [-0.2, 0) is 6.42 Å². The molecule has 0 saturated carbocycles. The molecule has 2 nitrogen and oxygen atoms in total.